The minimum atomic E-state index is -0.570. The van der Waals surface area contributed by atoms with Crippen molar-refractivity contribution >= 4 is 17.8 Å². The van der Waals surface area contributed by atoms with E-state index < -0.39 is 17.8 Å². The Morgan fingerprint density at radius 2 is 1.86 bits per heavy atom. The van der Waals surface area contributed by atoms with Gasteiger partial charge < -0.3 is 9.57 Å². The first-order valence-corrected chi connectivity index (χ1v) is 7.52. The molecule has 0 bridgehead atoms. The van der Waals surface area contributed by atoms with Crippen LogP contribution in [0.1, 0.15) is 44.9 Å². The quantitative estimate of drug-likeness (QED) is 0.582. The maximum atomic E-state index is 11.9. The van der Waals surface area contributed by atoms with Gasteiger partial charge in [-0.1, -0.05) is 12.2 Å². The fourth-order valence-electron chi connectivity index (χ4n) is 3.18. The molecule has 0 aromatic heterocycles. The topological polar surface area (TPSA) is 72.9 Å². The van der Waals surface area contributed by atoms with Crippen LogP contribution in [0.5, 0.6) is 0 Å². The van der Waals surface area contributed by atoms with Crippen molar-refractivity contribution in [2.75, 3.05) is 0 Å². The molecule has 6 heteroatoms. The Balaban J connectivity index is 1.50. The van der Waals surface area contributed by atoms with E-state index in [0.717, 1.165) is 25.7 Å². The van der Waals surface area contributed by atoms with Gasteiger partial charge in [-0.05, 0) is 25.7 Å². The van der Waals surface area contributed by atoms with E-state index in [4.69, 9.17) is 9.57 Å². The van der Waals surface area contributed by atoms with E-state index in [9.17, 15) is 14.4 Å². The highest BCUT2D eigenvalue weighted by atomic mass is 16.7. The standard InChI is InChI=1S/C15H19NO5/c17-13-7-8-14(18)16(13)21-15(19)9-12-10-5-3-1-2-4-6-11(10)20-12/h1-2,10-12H,3-9H2/b2-1+. The van der Waals surface area contributed by atoms with Crippen molar-refractivity contribution < 1.29 is 24.0 Å². The number of nitrogens with zero attached hydrogens (tertiary/aromatic N) is 1. The minimum absolute atomic E-state index is 0.0991. The van der Waals surface area contributed by atoms with E-state index in [-0.39, 0.29) is 31.5 Å². The third kappa shape index (κ3) is 3.00. The third-order valence-corrected chi connectivity index (χ3v) is 4.32. The van der Waals surface area contributed by atoms with Crippen LogP contribution in [0, 0.1) is 5.92 Å². The number of hydrogen-bond acceptors (Lipinski definition) is 5. The van der Waals surface area contributed by atoms with Crippen molar-refractivity contribution in [1.82, 2.24) is 5.06 Å². The summed E-state index contributed by atoms with van der Waals surface area (Å²) < 4.78 is 5.74. The first-order chi connectivity index (χ1) is 10.1. The smallest absolute Gasteiger partial charge is 0.335 e. The lowest BCUT2D eigenvalue weighted by Crippen LogP contribution is -2.50. The van der Waals surface area contributed by atoms with Gasteiger partial charge in [0.1, 0.15) is 0 Å². The van der Waals surface area contributed by atoms with Crippen LogP contribution in [0.25, 0.3) is 0 Å². The van der Waals surface area contributed by atoms with Gasteiger partial charge in [-0.2, -0.15) is 0 Å². The lowest BCUT2D eigenvalue weighted by atomic mass is 9.80. The summed E-state index contributed by atoms with van der Waals surface area (Å²) in [5.74, 6) is -1.10. The first kappa shape index (κ1) is 14.3. The highest BCUT2D eigenvalue weighted by molar-refractivity contribution is 6.01. The molecule has 2 amide bonds. The second-order valence-corrected chi connectivity index (χ2v) is 5.75. The van der Waals surface area contributed by atoms with E-state index in [2.05, 4.69) is 12.2 Å². The average Bonchev–Trinajstić information content (AvgIpc) is 2.73. The van der Waals surface area contributed by atoms with Gasteiger partial charge in [-0.25, -0.2) is 4.79 Å². The molecule has 2 fully saturated rings. The minimum Gasteiger partial charge on any atom is -0.374 e. The molecular formula is C15H19NO5. The van der Waals surface area contributed by atoms with Crippen molar-refractivity contribution in [2.45, 2.75) is 57.2 Å². The van der Waals surface area contributed by atoms with E-state index in [0.29, 0.717) is 11.0 Å². The van der Waals surface area contributed by atoms with Gasteiger partial charge in [0.2, 0.25) is 0 Å². The SMILES string of the molecule is O=C(CC1OC2CC/C=C/CCC21)ON1C(=O)CCC1=O. The Kier molecular flexibility index (Phi) is 4.05. The molecule has 3 unspecified atom stereocenters. The average molecular weight is 293 g/mol. The van der Waals surface area contributed by atoms with Crippen molar-refractivity contribution in [3.63, 3.8) is 0 Å². The first-order valence-electron chi connectivity index (χ1n) is 7.52. The highest BCUT2D eigenvalue weighted by Gasteiger charge is 2.43. The van der Waals surface area contributed by atoms with E-state index >= 15 is 0 Å². The highest BCUT2D eigenvalue weighted by Crippen LogP contribution is 2.38. The van der Waals surface area contributed by atoms with Gasteiger partial charge in [0.15, 0.2) is 0 Å². The van der Waals surface area contributed by atoms with Gasteiger partial charge in [-0.3, -0.25) is 9.59 Å². The Morgan fingerprint density at radius 3 is 2.57 bits per heavy atom. The second kappa shape index (κ2) is 5.97. The van der Waals surface area contributed by atoms with E-state index in [1.807, 2.05) is 0 Å². The van der Waals surface area contributed by atoms with Gasteiger partial charge >= 0.3 is 5.97 Å². The lowest BCUT2D eigenvalue weighted by molar-refractivity contribution is -0.215. The van der Waals surface area contributed by atoms with Gasteiger partial charge in [0, 0.05) is 18.8 Å². The number of amides is 2. The molecular weight excluding hydrogens is 274 g/mol. The number of allylic oxidation sites excluding steroid dienone is 2. The normalized spacial score (nSPS) is 33.7. The zero-order valence-corrected chi connectivity index (χ0v) is 11.8. The molecule has 3 rings (SSSR count). The summed E-state index contributed by atoms with van der Waals surface area (Å²) in [6.07, 6.45) is 8.74. The molecule has 0 saturated carbocycles. The summed E-state index contributed by atoms with van der Waals surface area (Å²) in [4.78, 5) is 39.5. The van der Waals surface area contributed by atoms with Crippen LogP contribution in [0.4, 0.5) is 0 Å². The van der Waals surface area contributed by atoms with Crippen LogP contribution in [0.15, 0.2) is 12.2 Å². The van der Waals surface area contributed by atoms with Crippen molar-refractivity contribution in [2.24, 2.45) is 5.92 Å². The number of carbonyl (C=O) groups excluding carboxylic acids is 3. The van der Waals surface area contributed by atoms with E-state index in [1.165, 1.54) is 0 Å². The van der Waals surface area contributed by atoms with Crippen molar-refractivity contribution in [1.29, 1.82) is 0 Å². The van der Waals surface area contributed by atoms with Crippen molar-refractivity contribution in [3.05, 3.63) is 12.2 Å². The molecule has 0 radical (unpaired) electrons. The van der Waals surface area contributed by atoms with Crippen LogP contribution in [0.3, 0.4) is 0 Å². The largest absolute Gasteiger partial charge is 0.374 e. The molecule has 3 atom stereocenters. The summed E-state index contributed by atoms with van der Waals surface area (Å²) >= 11 is 0. The van der Waals surface area contributed by atoms with Crippen LogP contribution >= 0.6 is 0 Å². The van der Waals surface area contributed by atoms with Gasteiger partial charge in [0.25, 0.3) is 11.8 Å². The van der Waals surface area contributed by atoms with Crippen LogP contribution < -0.4 is 0 Å². The molecule has 0 spiro atoms. The molecule has 0 N–H and O–H groups in total. The number of ether oxygens (including phenoxy) is 1. The number of hydrogen-bond donors (Lipinski definition) is 0. The molecule has 114 valence electrons. The van der Waals surface area contributed by atoms with Crippen LogP contribution in [0.2, 0.25) is 0 Å². The van der Waals surface area contributed by atoms with Gasteiger partial charge in [-0.15, -0.1) is 5.06 Å². The summed E-state index contributed by atoms with van der Waals surface area (Å²) in [6.45, 7) is 0. The maximum absolute atomic E-state index is 11.9. The zero-order valence-electron chi connectivity index (χ0n) is 11.8. The Morgan fingerprint density at radius 1 is 1.19 bits per heavy atom. The molecule has 2 aliphatic heterocycles. The zero-order chi connectivity index (χ0) is 14.8. The predicted octanol–water partition coefficient (Wildman–Crippen LogP) is 1.50. The number of hydroxylamine groups is 2. The van der Waals surface area contributed by atoms with Crippen molar-refractivity contribution in [3.8, 4) is 0 Å². The monoisotopic (exact) mass is 293 g/mol. The number of rotatable bonds is 3. The maximum Gasteiger partial charge on any atom is 0.335 e. The van der Waals surface area contributed by atoms with Crippen LogP contribution in [-0.2, 0) is 24.0 Å². The molecule has 21 heavy (non-hydrogen) atoms. The lowest BCUT2D eigenvalue weighted by Gasteiger charge is -2.45. The Bertz CT molecular complexity index is 470. The fourth-order valence-corrected chi connectivity index (χ4v) is 3.18. The summed E-state index contributed by atoms with van der Waals surface area (Å²) in [6, 6.07) is 0. The number of imide groups is 1. The van der Waals surface area contributed by atoms with Crippen LogP contribution in [-0.4, -0.2) is 35.1 Å². The summed E-state index contributed by atoms with van der Waals surface area (Å²) in [5, 5.41) is 0.597. The second-order valence-electron chi connectivity index (χ2n) is 5.75. The predicted molar refractivity (Wildman–Crippen MR) is 71.6 cm³/mol. The molecule has 1 aliphatic carbocycles. The summed E-state index contributed by atoms with van der Waals surface area (Å²) in [5.41, 5.74) is 0. The molecule has 6 nitrogen and oxygen atoms in total. The third-order valence-electron chi connectivity index (χ3n) is 4.32. The Labute approximate surface area is 123 Å². The number of carbonyl (C=O) groups is 3. The Hall–Kier alpha value is -1.69. The fraction of sp³-hybridized carbons (Fsp3) is 0.667. The van der Waals surface area contributed by atoms with E-state index in [1.54, 1.807) is 0 Å². The molecule has 0 aromatic rings. The van der Waals surface area contributed by atoms with Gasteiger partial charge in [0.05, 0.1) is 18.6 Å². The molecule has 3 aliphatic rings. The molecule has 2 heterocycles. The molecule has 0 aromatic carbocycles. The summed E-state index contributed by atoms with van der Waals surface area (Å²) in [7, 11) is 0. The molecule has 2 saturated heterocycles. The number of fused-ring (bicyclic) bond motifs is 1.